The number of unbranched alkanes of at least 4 members (excludes halogenated alkanes) is 3. The van der Waals surface area contributed by atoms with Crippen molar-refractivity contribution >= 4 is 8.80 Å². The number of hydrogen-bond acceptors (Lipinski definition) is 5. The van der Waals surface area contributed by atoms with E-state index in [2.05, 4.69) is 34.6 Å². The Balaban J connectivity index is 2.74. The second kappa shape index (κ2) is 13.2. The van der Waals surface area contributed by atoms with Crippen LogP contribution in [0.2, 0.25) is 5.54 Å². The van der Waals surface area contributed by atoms with Crippen molar-refractivity contribution in [3.63, 3.8) is 0 Å². The van der Waals surface area contributed by atoms with Crippen LogP contribution < -0.4 is 0 Å². The molecule has 3 unspecified atom stereocenters. The first-order chi connectivity index (χ1) is 12.1. The predicted molar refractivity (Wildman–Crippen MR) is 103 cm³/mol. The molecule has 1 heterocycles. The van der Waals surface area contributed by atoms with Gasteiger partial charge < -0.3 is 22.8 Å². The van der Waals surface area contributed by atoms with Crippen molar-refractivity contribution in [1.29, 1.82) is 0 Å². The molecule has 1 saturated heterocycles. The third-order valence-corrected chi connectivity index (χ3v) is 8.02. The molecular weight excluding hydrogens is 336 g/mol. The van der Waals surface area contributed by atoms with Gasteiger partial charge in [0.05, 0.1) is 24.9 Å². The van der Waals surface area contributed by atoms with Gasteiger partial charge in [-0.25, -0.2) is 0 Å². The number of epoxide rings is 1. The Morgan fingerprint density at radius 1 is 0.880 bits per heavy atom. The normalized spacial score (nSPS) is 19.8. The summed E-state index contributed by atoms with van der Waals surface area (Å²) in [6.45, 7) is 14.3. The molecule has 0 saturated carbocycles. The largest absolute Gasteiger partial charge is 0.506 e. The first kappa shape index (κ1) is 23.1. The second-order valence-electron chi connectivity index (χ2n) is 6.99. The smallest absolute Gasteiger partial charge is 0.375 e. The van der Waals surface area contributed by atoms with Gasteiger partial charge in [-0.1, -0.05) is 47.0 Å². The van der Waals surface area contributed by atoms with Gasteiger partial charge in [0.15, 0.2) is 0 Å². The molecule has 0 bridgehead atoms. The first-order valence-corrected chi connectivity index (χ1v) is 12.0. The molecule has 1 fully saturated rings. The molecule has 1 aliphatic rings. The van der Waals surface area contributed by atoms with Crippen molar-refractivity contribution < 1.29 is 22.8 Å². The van der Waals surface area contributed by atoms with E-state index in [9.17, 15) is 0 Å². The maximum Gasteiger partial charge on any atom is 0.506 e. The Morgan fingerprint density at radius 3 is 1.68 bits per heavy atom. The van der Waals surface area contributed by atoms with Crippen molar-refractivity contribution in [3.05, 3.63) is 0 Å². The molecule has 0 aromatic heterocycles. The molecule has 0 N–H and O–H groups in total. The quantitative estimate of drug-likeness (QED) is 0.211. The molecule has 25 heavy (non-hydrogen) atoms. The van der Waals surface area contributed by atoms with Crippen LogP contribution in [0.25, 0.3) is 0 Å². The van der Waals surface area contributed by atoms with Crippen molar-refractivity contribution in [2.75, 3.05) is 33.0 Å². The molecule has 0 amide bonds. The van der Waals surface area contributed by atoms with Crippen LogP contribution >= 0.6 is 0 Å². The van der Waals surface area contributed by atoms with Crippen LogP contribution in [-0.2, 0) is 22.8 Å². The Labute approximate surface area is 156 Å². The standard InChI is InChI=1S/C19H40O5Si/c1-6-9-12-22-25(23-13-10-7-2,24-14-11-8-3)18(5)17(4)20-15-19-16-21-19/h17-19H,6-16H2,1-5H3. The zero-order valence-corrected chi connectivity index (χ0v) is 18.1. The molecule has 0 radical (unpaired) electrons. The molecule has 1 aliphatic heterocycles. The van der Waals surface area contributed by atoms with Crippen LogP contribution in [0.15, 0.2) is 0 Å². The maximum absolute atomic E-state index is 6.35. The molecule has 1 rings (SSSR count). The molecule has 6 heteroatoms. The fourth-order valence-corrected chi connectivity index (χ4v) is 5.45. The molecule has 0 aromatic rings. The van der Waals surface area contributed by atoms with Gasteiger partial charge in [-0.3, -0.25) is 0 Å². The SMILES string of the molecule is CCCCO[Si](OCCCC)(OCCCC)C(C)C(C)OCC1CO1. The Bertz CT molecular complexity index is 298. The van der Waals surface area contributed by atoms with E-state index >= 15 is 0 Å². The lowest BCUT2D eigenvalue weighted by Crippen LogP contribution is -2.53. The van der Waals surface area contributed by atoms with E-state index in [4.69, 9.17) is 22.8 Å². The van der Waals surface area contributed by atoms with Crippen LogP contribution in [-0.4, -0.2) is 54.0 Å². The Hall–Kier alpha value is 0.0169. The molecule has 150 valence electrons. The topological polar surface area (TPSA) is 49.5 Å². The highest BCUT2D eigenvalue weighted by atomic mass is 28.4. The summed E-state index contributed by atoms with van der Waals surface area (Å²) in [6.07, 6.45) is 6.70. The zero-order valence-electron chi connectivity index (χ0n) is 17.1. The lowest BCUT2D eigenvalue weighted by molar-refractivity contribution is 0.00301. The molecule has 5 nitrogen and oxygen atoms in total. The minimum absolute atomic E-state index is 0.0285. The third kappa shape index (κ3) is 8.97. The summed E-state index contributed by atoms with van der Waals surface area (Å²) in [7, 11) is -2.79. The minimum Gasteiger partial charge on any atom is -0.375 e. The number of rotatable bonds is 17. The van der Waals surface area contributed by atoms with Crippen LogP contribution in [0.3, 0.4) is 0 Å². The summed E-state index contributed by atoms with van der Waals surface area (Å²) in [6, 6.07) is 0. The van der Waals surface area contributed by atoms with Crippen molar-refractivity contribution in [2.45, 2.75) is 90.9 Å². The summed E-state index contributed by atoms with van der Waals surface area (Å²) < 4.78 is 30.3. The fourth-order valence-electron chi connectivity index (χ4n) is 2.45. The average molecular weight is 377 g/mol. The molecular formula is C19H40O5Si. The van der Waals surface area contributed by atoms with E-state index in [-0.39, 0.29) is 17.7 Å². The van der Waals surface area contributed by atoms with Gasteiger partial charge in [0, 0.05) is 19.8 Å². The summed E-state index contributed by atoms with van der Waals surface area (Å²) in [5.74, 6) is 0. The fraction of sp³-hybridized carbons (Fsp3) is 1.00. The van der Waals surface area contributed by atoms with Crippen molar-refractivity contribution in [2.24, 2.45) is 0 Å². The van der Waals surface area contributed by atoms with Gasteiger partial charge in [0.25, 0.3) is 0 Å². The molecule has 0 aliphatic carbocycles. The van der Waals surface area contributed by atoms with Crippen molar-refractivity contribution in [1.82, 2.24) is 0 Å². The van der Waals surface area contributed by atoms with E-state index in [0.29, 0.717) is 26.4 Å². The van der Waals surface area contributed by atoms with Gasteiger partial charge >= 0.3 is 8.80 Å². The highest BCUT2D eigenvalue weighted by molar-refractivity contribution is 6.62. The Morgan fingerprint density at radius 2 is 1.32 bits per heavy atom. The highest BCUT2D eigenvalue weighted by Crippen LogP contribution is 2.32. The number of hydrogen-bond donors (Lipinski definition) is 0. The molecule has 0 aromatic carbocycles. The summed E-state index contributed by atoms with van der Waals surface area (Å²) in [4.78, 5) is 0. The highest BCUT2D eigenvalue weighted by Gasteiger charge is 2.50. The van der Waals surface area contributed by atoms with Crippen LogP contribution in [0, 0.1) is 0 Å². The summed E-state index contributed by atoms with van der Waals surface area (Å²) in [5.41, 5.74) is 0.108. The third-order valence-electron chi connectivity index (χ3n) is 4.61. The van der Waals surface area contributed by atoms with Crippen LogP contribution in [0.4, 0.5) is 0 Å². The van der Waals surface area contributed by atoms with E-state index in [1.807, 2.05) is 0 Å². The molecule has 3 atom stereocenters. The van der Waals surface area contributed by atoms with Crippen LogP contribution in [0.5, 0.6) is 0 Å². The van der Waals surface area contributed by atoms with Gasteiger partial charge in [-0.15, -0.1) is 0 Å². The summed E-state index contributed by atoms with van der Waals surface area (Å²) in [5, 5.41) is 0. The molecule has 0 spiro atoms. The van der Waals surface area contributed by atoms with Gasteiger partial charge in [-0.05, 0) is 26.2 Å². The van der Waals surface area contributed by atoms with E-state index in [1.165, 1.54) is 0 Å². The lowest BCUT2D eigenvalue weighted by atomic mass is 10.3. The lowest BCUT2D eigenvalue weighted by Gasteiger charge is -2.37. The average Bonchev–Trinajstić information content (AvgIpc) is 3.43. The van der Waals surface area contributed by atoms with Gasteiger partial charge in [-0.2, -0.15) is 0 Å². The summed E-state index contributed by atoms with van der Waals surface area (Å²) >= 11 is 0. The monoisotopic (exact) mass is 376 g/mol. The van der Waals surface area contributed by atoms with E-state index in [1.54, 1.807) is 0 Å². The maximum atomic E-state index is 6.35. The van der Waals surface area contributed by atoms with E-state index < -0.39 is 8.80 Å². The van der Waals surface area contributed by atoms with E-state index in [0.717, 1.165) is 45.1 Å². The van der Waals surface area contributed by atoms with Crippen molar-refractivity contribution in [3.8, 4) is 0 Å². The van der Waals surface area contributed by atoms with Gasteiger partial charge in [0.1, 0.15) is 6.10 Å². The first-order valence-electron chi connectivity index (χ1n) is 10.2. The minimum atomic E-state index is -2.79. The number of ether oxygens (including phenoxy) is 2. The van der Waals surface area contributed by atoms with Crippen LogP contribution in [0.1, 0.15) is 73.1 Å². The predicted octanol–water partition coefficient (Wildman–Crippen LogP) is 4.57. The van der Waals surface area contributed by atoms with Gasteiger partial charge in [0.2, 0.25) is 0 Å². The zero-order chi connectivity index (χ0) is 18.5. The Kier molecular flexibility index (Phi) is 12.2. The second-order valence-corrected chi connectivity index (χ2v) is 9.98.